The van der Waals surface area contributed by atoms with Gasteiger partial charge in [0.05, 0.1) is 17.9 Å². The monoisotopic (exact) mass is 395 g/mol. The highest BCUT2D eigenvalue weighted by atomic mass is 32.1. The zero-order valence-corrected chi connectivity index (χ0v) is 15.6. The molecule has 0 atom stereocenters. The van der Waals surface area contributed by atoms with Gasteiger partial charge < -0.3 is 20.1 Å². The van der Waals surface area contributed by atoms with Crippen LogP contribution < -0.4 is 15.4 Å². The number of ether oxygens (including phenoxy) is 2. The average molecular weight is 395 g/mol. The van der Waals surface area contributed by atoms with Crippen molar-refractivity contribution in [1.82, 2.24) is 10.3 Å². The van der Waals surface area contributed by atoms with Gasteiger partial charge in [0.15, 0.2) is 6.61 Å². The number of hydrogen-bond acceptors (Lipinski definition) is 6. The molecule has 1 aliphatic rings. The molecular weight excluding hydrogens is 378 g/mol. The molecule has 0 spiro atoms. The van der Waals surface area contributed by atoms with Crippen LogP contribution in [0.3, 0.4) is 0 Å². The number of thiazole rings is 1. The van der Waals surface area contributed by atoms with Crippen molar-refractivity contribution >= 4 is 29.0 Å². The molecule has 28 heavy (non-hydrogen) atoms. The second-order valence-electron chi connectivity index (χ2n) is 6.09. The van der Waals surface area contributed by atoms with Crippen LogP contribution in [-0.2, 0) is 22.7 Å². The van der Waals surface area contributed by atoms with Crippen LogP contribution in [0.15, 0.2) is 53.9 Å². The van der Waals surface area contributed by atoms with Crippen LogP contribution in [-0.4, -0.2) is 23.6 Å². The second-order valence-corrected chi connectivity index (χ2v) is 7.03. The summed E-state index contributed by atoms with van der Waals surface area (Å²) in [5.41, 5.74) is 3.18. The van der Waals surface area contributed by atoms with E-state index in [-0.39, 0.29) is 25.7 Å². The van der Waals surface area contributed by atoms with Gasteiger partial charge in [-0.05, 0) is 23.8 Å². The molecule has 2 N–H and O–H groups in total. The van der Waals surface area contributed by atoms with Crippen molar-refractivity contribution in [2.45, 2.75) is 13.2 Å². The van der Waals surface area contributed by atoms with Gasteiger partial charge >= 0.3 is 6.09 Å². The number of nitrogens with one attached hydrogen (secondary N) is 2. The quantitative estimate of drug-likeness (QED) is 0.689. The molecule has 1 aliphatic heterocycles. The molecule has 142 valence electrons. The van der Waals surface area contributed by atoms with Gasteiger partial charge in [-0.25, -0.2) is 9.78 Å². The Morgan fingerprint density at radius 1 is 1.25 bits per heavy atom. The van der Waals surface area contributed by atoms with E-state index in [9.17, 15) is 9.59 Å². The van der Waals surface area contributed by atoms with Crippen molar-refractivity contribution < 1.29 is 19.1 Å². The van der Waals surface area contributed by atoms with Crippen molar-refractivity contribution in [2.24, 2.45) is 0 Å². The summed E-state index contributed by atoms with van der Waals surface area (Å²) in [6.07, 6.45) is -0.491. The molecule has 1 aromatic heterocycles. The number of rotatable bonds is 5. The molecule has 0 unspecified atom stereocenters. The zero-order chi connectivity index (χ0) is 19.3. The standard InChI is InChI=1S/C20H17N3O4S/c24-18-11-26-17-7-6-14(8-15(17)22-18)16-12-28-19(23-16)9-21-20(25)27-10-13-4-2-1-3-5-13/h1-8,12H,9-11H2,(H,21,25)(H,22,24). The summed E-state index contributed by atoms with van der Waals surface area (Å²) in [4.78, 5) is 27.8. The van der Waals surface area contributed by atoms with E-state index in [2.05, 4.69) is 15.6 Å². The summed E-state index contributed by atoms with van der Waals surface area (Å²) in [5.74, 6) is 0.462. The Bertz CT molecular complexity index is 1000. The first-order valence-corrected chi connectivity index (χ1v) is 9.51. The molecule has 0 saturated carbocycles. The smallest absolute Gasteiger partial charge is 0.407 e. The average Bonchev–Trinajstić information content (AvgIpc) is 3.20. The van der Waals surface area contributed by atoms with E-state index in [4.69, 9.17) is 9.47 Å². The highest BCUT2D eigenvalue weighted by Crippen LogP contribution is 2.33. The van der Waals surface area contributed by atoms with E-state index in [1.165, 1.54) is 11.3 Å². The Balaban J connectivity index is 1.34. The lowest BCUT2D eigenvalue weighted by Crippen LogP contribution is -2.25. The van der Waals surface area contributed by atoms with Gasteiger partial charge in [0, 0.05) is 10.9 Å². The molecule has 7 nitrogen and oxygen atoms in total. The maximum Gasteiger partial charge on any atom is 0.407 e. The van der Waals surface area contributed by atoms with E-state index in [1.54, 1.807) is 0 Å². The topological polar surface area (TPSA) is 89.5 Å². The third-order valence-corrected chi connectivity index (χ3v) is 4.91. The van der Waals surface area contributed by atoms with Gasteiger partial charge in [0.25, 0.3) is 5.91 Å². The third kappa shape index (κ3) is 4.29. The lowest BCUT2D eigenvalue weighted by molar-refractivity contribution is -0.118. The zero-order valence-electron chi connectivity index (χ0n) is 14.8. The lowest BCUT2D eigenvalue weighted by atomic mass is 10.1. The van der Waals surface area contributed by atoms with Gasteiger partial charge in [-0.1, -0.05) is 30.3 Å². The summed E-state index contributed by atoms with van der Waals surface area (Å²) >= 11 is 1.44. The maximum atomic E-state index is 11.8. The first kappa shape index (κ1) is 18.0. The fourth-order valence-corrected chi connectivity index (χ4v) is 3.43. The van der Waals surface area contributed by atoms with Crippen LogP contribution >= 0.6 is 11.3 Å². The van der Waals surface area contributed by atoms with Crippen LogP contribution in [0.5, 0.6) is 5.75 Å². The van der Waals surface area contributed by atoms with Crippen LogP contribution in [0.1, 0.15) is 10.6 Å². The molecule has 3 aromatic rings. The number of fused-ring (bicyclic) bond motifs is 1. The van der Waals surface area contributed by atoms with Crippen molar-refractivity contribution in [2.75, 3.05) is 11.9 Å². The Kier molecular flexibility index (Phi) is 5.20. The lowest BCUT2D eigenvalue weighted by Gasteiger charge is -2.18. The molecule has 2 aromatic carbocycles. The highest BCUT2D eigenvalue weighted by Gasteiger charge is 2.17. The van der Waals surface area contributed by atoms with Gasteiger partial charge in [-0.3, -0.25) is 4.79 Å². The van der Waals surface area contributed by atoms with E-state index >= 15 is 0 Å². The minimum absolute atomic E-state index is 0.0270. The van der Waals surface area contributed by atoms with Crippen LogP contribution in [0.25, 0.3) is 11.3 Å². The Morgan fingerprint density at radius 3 is 2.96 bits per heavy atom. The summed E-state index contributed by atoms with van der Waals surface area (Å²) in [6.45, 7) is 0.529. The summed E-state index contributed by atoms with van der Waals surface area (Å²) < 4.78 is 10.5. The number of carbonyl (C=O) groups excluding carboxylic acids is 2. The molecule has 0 fully saturated rings. The van der Waals surface area contributed by atoms with Crippen LogP contribution in [0, 0.1) is 0 Å². The van der Waals surface area contributed by atoms with Crippen molar-refractivity contribution in [3.05, 3.63) is 64.5 Å². The largest absolute Gasteiger partial charge is 0.482 e. The normalized spacial score (nSPS) is 12.5. The number of aromatic nitrogens is 1. The van der Waals surface area contributed by atoms with Gasteiger partial charge in [0.1, 0.15) is 17.4 Å². The molecule has 8 heteroatoms. The van der Waals surface area contributed by atoms with E-state index < -0.39 is 6.09 Å². The van der Waals surface area contributed by atoms with E-state index in [0.29, 0.717) is 11.4 Å². The van der Waals surface area contributed by atoms with Gasteiger partial charge in [-0.15, -0.1) is 11.3 Å². The third-order valence-electron chi connectivity index (χ3n) is 4.06. The van der Waals surface area contributed by atoms with Crippen LogP contribution in [0.4, 0.5) is 10.5 Å². The number of hydrogen-bond donors (Lipinski definition) is 2. The molecule has 0 saturated heterocycles. The number of amides is 2. The molecule has 0 aliphatic carbocycles. The van der Waals surface area contributed by atoms with Crippen molar-refractivity contribution in [1.29, 1.82) is 0 Å². The molecule has 2 heterocycles. The predicted molar refractivity (Wildman–Crippen MR) is 105 cm³/mol. The molecule has 4 rings (SSSR count). The highest BCUT2D eigenvalue weighted by molar-refractivity contribution is 7.09. The number of nitrogens with zero attached hydrogens (tertiary/aromatic N) is 1. The summed E-state index contributed by atoms with van der Waals surface area (Å²) in [5, 5.41) is 8.14. The van der Waals surface area contributed by atoms with Gasteiger partial charge in [-0.2, -0.15) is 0 Å². The summed E-state index contributed by atoms with van der Waals surface area (Å²) in [7, 11) is 0. The maximum absolute atomic E-state index is 11.8. The number of benzene rings is 2. The van der Waals surface area contributed by atoms with Crippen LogP contribution in [0.2, 0.25) is 0 Å². The minimum atomic E-state index is -0.491. The fraction of sp³-hybridized carbons (Fsp3) is 0.150. The summed E-state index contributed by atoms with van der Waals surface area (Å²) in [6, 6.07) is 15.0. The number of anilines is 1. The SMILES string of the molecule is O=C1COc2ccc(-c3csc(CNC(=O)OCc4ccccc4)n3)cc2N1. The molecule has 0 bridgehead atoms. The van der Waals surface area contributed by atoms with E-state index in [0.717, 1.165) is 21.8 Å². The Hall–Kier alpha value is -3.39. The van der Waals surface area contributed by atoms with Crippen molar-refractivity contribution in [3.8, 4) is 17.0 Å². The fourth-order valence-electron chi connectivity index (χ4n) is 2.69. The number of alkyl carbamates (subject to hydrolysis) is 1. The molecule has 2 amide bonds. The molecule has 0 radical (unpaired) electrons. The Labute approximate surface area is 165 Å². The molecular formula is C20H17N3O4S. The Morgan fingerprint density at radius 2 is 2.11 bits per heavy atom. The second kappa shape index (κ2) is 8.10. The predicted octanol–water partition coefficient (Wildman–Crippen LogP) is 3.57. The van der Waals surface area contributed by atoms with Gasteiger partial charge in [0.2, 0.25) is 0 Å². The number of carbonyl (C=O) groups is 2. The first-order chi connectivity index (χ1) is 13.7. The van der Waals surface area contributed by atoms with E-state index in [1.807, 2.05) is 53.9 Å². The minimum Gasteiger partial charge on any atom is -0.482 e. The van der Waals surface area contributed by atoms with Crippen molar-refractivity contribution in [3.63, 3.8) is 0 Å². The first-order valence-electron chi connectivity index (χ1n) is 8.63.